The second-order valence-corrected chi connectivity index (χ2v) is 5.02. The first-order valence-corrected chi connectivity index (χ1v) is 6.99. The third kappa shape index (κ3) is 3.22. The van der Waals surface area contributed by atoms with Crippen molar-refractivity contribution < 1.29 is 13.6 Å². The lowest BCUT2D eigenvalue weighted by Gasteiger charge is -2.03. The number of anilines is 1. The van der Waals surface area contributed by atoms with Crippen LogP contribution < -0.4 is 5.32 Å². The predicted molar refractivity (Wildman–Crippen MR) is 84.2 cm³/mol. The fourth-order valence-corrected chi connectivity index (χ4v) is 2.30. The van der Waals surface area contributed by atoms with Crippen LogP contribution >= 0.6 is 11.6 Å². The number of benzene rings is 1. The van der Waals surface area contributed by atoms with Gasteiger partial charge in [-0.05, 0) is 30.3 Å². The van der Waals surface area contributed by atoms with Crippen LogP contribution in [-0.4, -0.2) is 15.3 Å². The summed E-state index contributed by atoms with van der Waals surface area (Å²) in [6.07, 6.45) is 4.43. The maximum atomic E-state index is 13.5. The maximum absolute atomic E-state index is 13.5. The normalized spacial score (nSPS) is 11.3. The third-order valence-electron chi connectivity index (χ3n) is 3.10. The van der Waals surface area contributed by atoms with Crippen molar-refractivity contribution in [2.24, 2.45) is 0 Å². The van der Waals surface area contributed by atoms with Crippen molar-refractivity contribution in [1.82, 2.24) is 9.38 Å². The Morgan fingerprint density at radius 1 is 1.26 bits per heavy atom. The first kappa shape index (κ1) is 15.2. The first-order chi connectivity index (χ1) is 11.0. The van der Waals surface area contributed by atoms with Crippen LogP contribution in [0.2, 0.25) is 5.15 Å². The summed E-state index contributed by atoms with van der Waals surface area (Å²) in [5.74, 6) is -2.13. The molecule has 0 fully saturated rings. The lowest BCUT2D eigenvalue weighted by molar-refractivity contribution is -0.111. The highest BCUT2D eigenvalue weighted by Gasteiger charge is 2.09. The number of amides is 1. The Bertz CT molecular complexity index is 921. The van der Waals surface area contributed by atoms with E-state index in [1.54, 1.807) is 22.7 Å². The maximum Gasteiger partial charge on any atom is 0.248 e. The van der Waals surface area contributed by atoms with Crippen LogP contribution in [0.1, 0.15) is 5.69 Å². The van der Waals surface area contributed by atoms with E-state index in [4.69, 9.17) is 11.6 Å². The number of fused-ring (bicyclic) bond motifs is 1. The Labute approximate surface area is 135 Å². The molecule has 0 atom stereocenters. The molecular weight excluding hydrogens is 324 g/mol. The molecule has 3 aromatic rings. The Hall–Kier alpha value is -2.73. The van der Waals surface area contributed by atoms with Crippen LogP contribution in [0.5, 0.6) is 0 Å². The summed E-state index contributed by atoms with van der Waals surface area (Å²) in [4.78, 5) is 16.0. The van der Waals surface area contributed by atoms with Gasteiger partial charge in [0.1, 0.15) is 17.3 Å². The lowest BCUT2D eigenvalue weighted by Crippen LogP contribution is -2.09. The van der Waals surface area contributed by atoms with Crippen LogP contribution in [0.25, 0.3) is 11.7 Å². The molecule has 1 N–H and O–H groups in total. The number of aromatic nitrogens is 2. The van der Waals surface area contributed by atoms with Crippen LogP contribution in [-0.2, 0) is 4.79 Å². The monoisotopic (exact) mass is 333 g/mol. The number of carbonyl (C=O) groups excluding carboxylic acids is 1. The van der Waals surface area contributed by atoms with E-state index < -0.39 is 17.5 Å². The quantitative estimate of drug-likeness (QED) is 0.738. The van der Waals surface area contributed by atoms with Crippen molar-refractivity contribution in [1.29, 1.82) is 0 Å². The minimum Gasteiger partial charge on any atom is -0.320 e. The largest absolute Gasteiger partial charge is 0.320 e. The molecule has 0 aliphatic carbocycles. The minimum atomic E-state index is -0.848. The highest BCUT2D eigenvalue weighted by molar-refractivity contribution is 6.31. The molecule has 0 bridgehead atoms. The Balaban J connectivity index is 1.81. The number of pyridine rings is 1. The van der Waals surface area contributed by atoms with Gasteiger partial charge in [-0.25, -0.2) is 13.8 Å². The molecule has 1 amide bonds. The van der Waals surface area contributed by atoms with Crippen LogP contribution in [0.3, 0.4) is 0 Å². The van der Waals surface area contributed by atoms with Crippen molar-refractivity contribution in [3.63, 3.8) is 0 Å². The zero-order valence-electron chi connectivity index (χ0n) is 11.6. The van der Waals surface area contributed by atoms with Gasteiger partial charge in [0.2, 0.25) is 5.91 Å². The van der Waals surface area contributed by atoms with Gasteiger partial charge in [0.15, 0.2) is 5.15 Å². The molecule has 0 aliphatic heterocycles. The summed E-state index contributed by atoms with van der Waals surface area (Å²) < 4.78 is 28.0. The van der Waals surface area contributed by atoms with E-state index in [1.807, 2.05) is 6.07 Å². The van der Waals surface area contributed by atoms with Crippen molar-refractivity contribution in [2.45, 2.75) is 0 Å². The fraction of sp³-hybridized carbons (Fsp3) is 0. The molecule has 0 spiro atoms. The summed E-state index contributed by atoms with van der Waals surface area (Å²) >= 11 is 6.04. The van der Waals surface area contributed by atoms with Gasteiger partial charge in [0.05, 0.1) is 11.4 Å². The van der Waals surface area contributed by atoms with Crippen molar-refractivity contribution >= 4 is 34.9 Å². The molecule has 3 rings (SSSR count). The lowest BCUT2D eigenvalue weighted by atomic mass is 10.3. The number of nitrogens with zero attached hydrogens (tertiary/aromatic N) is 2. The zero-order chi connectivity index (χ0) is 16.4. The van der Waals surface area contributed by atoms with E-state index >= 15 is 0 Å². The molecule has 0 aliphatic rings. The zero-order valence-corrected chi connectivity index (χ0v) is 12.4. The van der Waals surface area contributed by atoms with Crippen LogP contribution in [0, 0.1) is 11.6 Å². The van der Waals surface area contributed by atoms with E-state index in [9.17, 15) is 13.6 Å². The summed E-state index contributed by atoms with van der Waals surface area (Å²) in [6, 6.07) is 8.30. The van der Waals surface area contributed by atoms with E-state index in [0.29, 0.717) is 17.4 Å². The van der Waals surface area contributed by atoms with E-state index in [2.05, 4.69) is 10.3 Å². The summed E-state index contributed by atoms with van der Waals surface area (Å²) in [5, 5.41) is 2.57. The fourth-order valence-electron chi connectivity index (χ4n) is 2.06. The number of rotatable bonds is 3. The second kappa shape index (κ2) is 6.18. The summed E-state index contributed by atoms with van der Waals surface area (Å²) in [6.45, 7) is 0. The van der Waals surface area contributed by atoms with E-state index in [0.717, 1.165) is 12.1 Å². The Morgan fingerprint density at radius 3 is 2.87 bits per heavy atom. The third-order valence-corrected chi connectivity index (χ3v) is 3.38. The van der Waals surface area contributed by atoms with Gasteiger partial charge in [-0.2, -0.15) is 0 Å². The number of halogens is 3. The van der Waals surface area contributed by atoms with E-state index in [1.165, 1.54) is 12.2 Å². The first-order valence-electron chi connectivity index (χ1n) is 6.61. The summed E-state index contributed by atoms with van der Waals surface area (Å²) in [7, 11) is 0. The van der Waals surface area contributed by atoms with Gasteiger partial charge in [0.25, 0.3) is 0 Å². The highest BCUT2D eigenvalue weighted by atomic mass is 35.5. The predicted octanol–water partition coefficient (Wildman–Crippen LogP) is 3.92. The van der Waals surface area contributed by atoms with Crippen LogP contribution in [0.15, 0.2) is 48.7 Å². The van der Waals surface area contributed by atoms with E-state index in [-0.39, 0.29) is 10.8 Å². The Kier molecular flexibility index (Phi) is 4.08. The van der Waals surface area contributed by atoms with Crippen molar-refractivity contribution in [3.05, 3.63) is 71.2 Å². The van der Waals surface area contributed by atoms with Crippen molar-refractivity contribution in [3.8, 4) is 0 Å². The molecule has 2 heterocycles. The molecule has 116 valence electrons. The molecular formula is C16H10ClF2N3O. The Morgan fingerprint density at radius 2 is 2.09 bits per heavy atom. The number of nitrogens with one attached hydrogen (secondary N) is 1. The minimum absolute atomic E-state index is 0.106. The van der Waals surface area contributed by atoms with Gasteiger partial charge in [0, 0.05) is 18.3 Å². The highest BCUT2D eigenvalue weighted by Crippen LogP contribution is 2.19. The van der Waals surface area contributed by atoms with Gasteiger partial charge >= 0.3 is 0 Å². The van der Waals surface area contributed by atoms with Gasteiger partial charge < -0.3 is 5.32 Å². The standard InChI is InChI=1S/C16H10ClF2N3O/c17-16-13(22-8-2-1-3-14(22)21-16)6-7-15(23)20-12-5-4-10(18)9-11(12)19/h1-9H,(H,20,23)/b7-6+. The average molecular weight is 334 g/mol. The van der Waals surface area contributed by atoms with Gasteiger partial charge in [-0.15, -0.1) is 0 Å². The number of imidazole rings is 1. The molecule has 2 aromatic heterocycles. The average Bonchev–Trinajstić information content (AvgIpc) is 2.83. The van der Waals surface area contributed by atoms with Crippen LogP contribution in [0.4, 0.5) is 14.5 Å². The second-order valence-electron chi connectivity index (χ2n) is 4.66. The molecule has 1 aromatic carbocycles. The molecule has 0 unspecified atom stereocenters. The molecule has 0 radical (unpaired) electrons. The molecule has 0 saturated carbocycles. The molecule has 4 nitrogen and oxygen atoms in total. The van der Waals surface area contributed by atoms with Gasteiger partial charge in [-0.1, -0.05) is 17.7 Å². The smallest absolute Gasteiger partial charge is 0.248 e. The summed E-state index contributed by atoms with van der Waals surface area (Å²) in [5.41, 5.74) is 1.06. The SMILES string of the molecule is O=C(/C=C/c1c(Cl)nc2ccccn12)Nc1ccc(F)cc1F. The molecule has 23 heavy (non-hydrogen) atoms. The molecule has 7 heteroatoms. The topological polar surface area (TPSA) is 46.4 Å². The number of hydrogen-bond donors (Lipinski definition) is 1. The van der Waals surface area contributed by atoms with Gasteiger partial charge in [-0.3, -0.25) is 9.20 Å². The van der Waals surface area contributed by atoms with Crippen molar-refractivity contribution in [2.75, 3.05) is 5.32 Å². The molecule has 0 saturated heterocycles. The number of hydrogen-bond acceptors (Lipinski definition) is 2. The number of carbonyl (C=O) groups is 1.